The van der Waals surface area contributed by atoms with Crippen molar-refractivity contribution in [3.8, 4) is 0 Å². The molecule has 3 N–H and O–H groups in total. The lowest BCUT2D eigenvalue weighted by atomic mass is 9.98. The van der Waals surface area contributed by atoms with E-state index in [1.54, 1.807) is 0 Å². The molecule has 6 atom stereocenters. The smallest absolute Gasteiger partial charge is 0.335 e. The number of unbranched alkanes of at least 4 members (excludes halogenated alkanes) is 25. The Hall–Kier alpha value is -4.10. The van der Waals surface area contributed by atoms with Gasteiger partial charge in [0.25, 0.3) is 0 Å². The second-order valence-corrected chi connectivity index (χ2v) is 21.3. The Bertz CT molecular complexity index is 1700. The zero-order chi connectivity index (χ0) is 57.5. The summed E-state index contributed by atoms with van der Waals surface area (Å²) in [4.78, 5) is 51.2. The van der Waals surface area contributed by atoms with Crippen molar-refractivity contribution in [3.05, 3.63) is 85.1 Å². The number of aliphatic hydroxyl groups excluding tert-OH is 2. The molecule has 1 rings (SSSR count). The zero-order valence-corrected chi connectivity index (χ0v) is 49.8. The monoisotopic (exact) mass is 1110 g/mol. The van der Waals surface area contributed by atoms with E-state index in [0.717, 1.165) is 128 Å². The van der Waals surface area contributed by atoms with Crippen LogP contribution in [0.25, 0.3) is 0 Å². The summed E-state index contributed by atoms with van der Waals surface area (Å²) in [5.41, 5.74) is 0. The van der Waals surface area contributed by atoms with E-state index in [2.05, 4.69) is 106 Å². The number of rotatable bonds is 53. The lowest BCUT2D eigenvalue weighted by Gasteiger charge is -2.40. The first-order valence-electron chi connectivity index (χ1n) is 31.6. The largest absolute Gasteiger partial charge is 0.479 e. The van der Waals surface area contributed by atoms with Crippen molar-refractivity contribution in [1.29, 1.82) is 0 Å². The summed E-state index contributed by atoms with van der Waals surface area (Å²) >= 11 is 0. The van der Waals surface area contributed by atoms with Gasteiger partial charge in [-0.05, 0) is 96.3 Å². The number of aliphatic hydroxyl groups is 2. The molecule has 1 aliphatic heterocycles. The van der Waals surface area contributed by atoms with Crippen LogP contribution in [0.5, 0.6) is 0 Å². The summed E-state index contributed by atoms with van der Waals surface area (Å²) in [5, 5.41) is 31.5. The molecule has 0 spiro atoms. The third-order valence-corrected chi connectivity index (χ3v) is 14.0. The second kappa shape index (κ2) is 54.5. The van der Waals surface area contributed by atoms with Gasteiger partial charge in [-0.2, -0.15) is 0 Å². The topological polar surface area (TPSA) is 175 Å². The van der Waals surface area contributed by atoms with Gasteiger partial charge in [-0.3, -0.25) is 14.4 Å². The third kappa shape index (κ3) is 44.3. The highest BCUT2D eigenvalue weighted by molar-refractivity contribution is 5.74. The minimum Gasteiger partial charge on any atom is -0.479 e. The summed E-state index contributed by atoms with van der Waals surface area (Å²) in [7, 11) is 0. The van der Waals surface area contributed by atoms with E-state index in [0.29, 0.717) is 19.3 Å². The molecule has 0 aromatic carbocycles. The lowest BCUT2D eigenvalue weighted by Crippen LogP contribution is -2.61. The van der Waals surface area contributed by atoms with E-state index >= 15 is 0 Å². The molecule has 0 radical (unpaired) electrons. The highest BCUT2D eigenvalue weighted by Crippen LogP contribution is 2.26. The van der Waals surface area contributed by atoms with E-state index in [1.165, 1.54) is 77.0 Å². The Balaban J connectivity index is 2.70. The summed E-state index contributed by atoms with van der Waals surface area (Å²) in [6.45, 7) is 5.83. The van der Waals surface area contributed by atoms with Gasteiger partial charge in [-0.15, -0.1) is 0 Å². The van der Waals surface area contributed by atoms with Crippen LogP contribution in [0.4, 0.5) is 0 Å². The molecule has 0 aromatic heterocycles. The number of carboxylic acid groups (broad SMARTS) is 1. The van der Waals surface area contributed by atoms with Gasteiger partial charge in [0.05, 0.1) is 6.61 Å². The number of ether oxygens (including phenoxy) is 5. The molecule has 0 saturated carbocycles. The van der Waals surface area contributed by atoms with E-state index in [-0.39, 0.29) is 25.9 Å². The Labute approximate surface area is 480 Å². The van der Waals surface area contributed by atoms with Crippen molar-refractivity contribution in [2.75, 3.05) is 13.2 Å². The molecule has 0 aromatic rings. The van der Waals surface area contributed by atoms with Crippen LogP contribution in [0, 0.1) is 0 Å². The predicted molar refractivity (Wildman–Crippen MR) is 321 cm³/mol. The minimum atomic E-state index is -1.91. The first-order valence-corrected chi connectivity index (χ1v) is 31.6. The molecule has 79 heavy (non-hydrogen) atoms. The Kier molecular flexibility index (Phi) is 50.3. The van der Waals surface area contributed by atoms with Crippen LogP contribution in [0.3, 0.4) is 0 Å². The maximum absolute atomic E-state index is 13.2. The first-order chi connectivity index (χ1) is 38.6. The first kappa shape index (κ1) is 72.9. The Morgan fingerprint density at radius 3 is 1.24 bits per heavy atom. The van der Waals surface area contributed by atoms with Crippen molar-refractivity contribution in [3.63, 3.8) is 0 Å². The minimum absolute atomic E-state index is 0.0562. The number of hydrogen-bond acceptors (Lipinski definition) is 11. The molecule has 0 bridgehead atoms. The van der Waals surface area contributed by atoms with Crippen LogP contribution in [0.1, 0.15) is 265 Å². The Morgan fingerprint density at radius 2 is 0.797 bits per heavy atom. The molecule has 12 heteroatoms. The predicted octanol–water partition coefficient (Wildman–Crippen LogP) is 16.7. The van der Waals surface area contributed by atoms with Gasteiger partial charge in [0, 0.05) is 19.3 Å². The molecular weight excluding hydrogens is 997 g/mol. The maximum atomic E-state index is 13.2. The van der Waals surface area contributed by atoms with Crippen LogP contribution in [-0.4, -0.2) is 89.2 Å². The van der Waals surface area contributed by atoms with E-state index in [9.17, 15) is 34.5 Å². The molecule has 12 nitrogen and oxygen atoms in total. The summed E-state index contributed by atoms with van der Waals surface area (Å²) in [6.07, 6.45) is 58.2. The van der Waals surface area contributed by atoms with Crippen molar-refractivity contribution in [2.24, 2.45) is 0 Å². The van der Waals surface area contributed by atoms with Crippen molar-refractivity contribution < 1.29 is 58.2 Å². The normalized spacial score (nSPS) is 18.4. The van der Waals surface area contributed by atoms with E-state index in [4.69, 9.17) is 23.7 Å². The standard InChI is InChI=1S/C67H112O12/c1-4-7-10-13-16-19-22-25-27-29-30-32-33-36-38-41-44-47-50-53-59(68)75-56-58(77-60(69)54-51-48-45-42-40-37-34-31-28-26-23-20-17-14-11-8-5-2)57-76-67-65(63(72)62(71)64(79-67)66(73)74)78-61(70)55-52-49-46-43-39-35-24-21-18-15-12-9-6-3/h8,11,16-17,19-20,25-28,30,32,34,37,58,62-65,67,71-72H,4-7,9-10,12-15,18,21-24,29,31,33,35-36,38-57H2,1-3H3,(H,73,74)/b11-8-,19-16-,20-17-,27-25-,28-26-,32-30-,37-34-. The Morgan fingerprint density at radius 1 is 0.430 bits per heavy atom. The van der Waals surface area contributed by atoms with Gasteiger partial charge in [0.2, 0.25) is 0 Å². The van der Waals surface area contributed by atoms with Crippen molar-refractivity contribution in [1.82, 2.24) is 0 Å². The lowest BCUT2D eigenvalue weighted by molar-refractivity contribution is -0.301. The molecule has 452 valence electrons. The van der Waals surface area contributed by atoms with Gasteiger partial charge in [0.1, 0.15) is 18.8 Å². The van der Waals surface area contributed by atoms with Crippen LogP contribution < -0.4 is 0 Å². The number of esters is 3. The fourth-order valence-corrected chi connectivity index (χ4v) is 9.13. The highest BCUT2D eigenvalue weighted by atomic mass is 16.7. The van der Waals surface area contributed by atoms with Crippen molar-refractivity contribution in [2.45, 2.75) is 302 Å². The van der Waals surface area contributed by atoms with Gasteiger partial charge in [-0.25, -0.2) is 4.79 Å². The number of allylic oxidation sites excluding steroid dienone is 14. The number of aliphatic carboxylic acids is 1. The second-order valence-electron chi connectivity index (χ2n) is 21.3. The fourth-order valence-electron chi connectivity index (χ4n) is 9.13. The molecule has 6 unspecified atom stereocenters. The van der Waals surface area contributed by atoms with Crippen molar-refractivity contribution >= 4 is 23.9 Å². The quantitative estimate of drug-likeness (QED) is 0.0228. The number of hydrogen-bond donors (Lipinski definition) is 3. The number of carbonyl (C=O) groups is 4. The van der Waals surface area contributed by atoms with Gasteiger partial charge >= 0.3 is 23.9 Å². The number of carboxylic acids is 1. The molecule has 1 heterocycles. The highest BCUT2D eigenvalue weighted by Gasteiger charge is 2.50. The fraction of sp³-hybridized carbons (Fsp3) is 0.731. The number of carbonyl (C=O) groups excluding carboxylic acids is 3. The van der Waals surface area contributed by atoms with Gasteiger partial charge < -0.3 is 39.0 Å². The molecule has 0 aliphatic carbocycles. The average Bonchev–Trinajstić information content (AvgIpc) is 3.46. The maximum Gasteiger partial charge on any atom is 0.335 e. The summed E-state index contributed by atoms with van der Waals surface area (Å²) in [6, 6.07) is 0. The van der Waals surface area contributed by atoms with Gasteiger partial charge in [0.15, 0.2) is 24.6 Å². The molecule has 1 saturated heterocycles. The molecule has 1 fully saturated rings. The summed E-state index contributed by atoms with van der Waals surface area (Å²) < 4.78 is 28.5. The molecular formula is C67H112O12. The zero-order valence-electron chi connectivity index (χ0n) is 49.8. The molecule has 1 aliphatic rings. The van der Waals surface area contributed by atoms with Crippen LogP contribution >= 0.6 is 0 Å². The average molecular weight is 1110 g/mol. The van der Waals surface area contributed by atoms with E-state index < -0.39 is 67.3 Å². The van der Waals surface area contributed by atoms with Crippen LogP contribution in [0.15, 0.2) is 85.1 Å². The van der Waals surface area contributed by atoms with E-state index in [1.807, 2.05) is 0 Å². The molecule has 0 amide bonds. The summed E-state index contributed by atoms with van der Waals surface area (Å²) in [5.74, 6) is -3.16. The SMILES string of the molecule is CC/C=C\C/C=C\C/C=C\C/C=C\CCCCCCC(=O)OC(COC(=O)CCCCCCCC/C=C\C/C=C\C/C=C\CCCCC)COC1OC(C(=O)O)C(O)C(O)C1OC(=O)CCCCCCCCCCCCCCC. The third-order valence-electron chi connectivity index (χ3n) is 14.0. The van der Waals surface area contributed by atoms with Gasteiger partial charge in [-0.1, -0.05) is 234 Å². The van der Waals surface area contributed by atoms with Crippen LogP contribution in [0.2, 0.25) is 0 Å². The van der Waals surface area contributed by atoms with Crippen LogP contribution in [-0.2, 0) is 42.9 Å².